The zero-order valence-electron chi connectivity index (χ0n) is 8.18. The molecular formula is C8H21N2O2P. The molecular weight excluding hydrogens is 187 g/mol. The first-order valence-electron chi connectivity index (χ1n) is 4.57. The average Bonchev–Trinajstić information content (AvgIpc) is 2.24. The van der Waals surface area contributed by atoms with Crippen molar-refractivity contribution in [2.45, 2.75) is 0 Å². The highest BCUT2D eigenvalue weighted by atomic mass is 31.0. The maximum absolute atomic E-state index is 5.01. The Balaban J connectivity index is 0.000000206. The molecule has 1 unspecified atom stereocenters. The van der Waals surface area contributed by atoms with Crippen LogP contribution in [0.5, 0.6) is 0 Å². The number of rotatable bonds is 0. The van der Waals surface area contributed by atoms with E-state index < -0.39 is 0 Å². The number of ether oxygens (including phenoxy) is 2. The van der Waals surface area contributed by atoms with Gasteiger partial charge in [-0.15, -0.1) is 0 Å². The minimum Gasteiger partial charge on any atom is -0.379 e. The molecule has 0 aliphatic carbocycles. The van der Waals surface area contributed by atoms with E-state index in [1.807, 2.05) is 0 Å². The SMILES string of the molecule is C1COCCN1.C1COCCN1.P. The molecule has 1 atom stereocenters. The zero-order valence-corrected chi connectivity index (χ0v) is 9.59. The number of nitrogens with one attached hydrogen (secondary N) is 2. The molecule has 0 radical (unpaired) electrons. The highest BCUT2D eigenvalue weighted by Crippen LogP contribution is 1.77. The van der Waals surface area contributed by atoms with Crippen LogP contribution in [0.1, 0.15) is 0 Å². The van der Waals surface area contributed by atoms with Crippen molar-refractivity contribution in [2.24, 2.45) is 0 Å². The van der Waals surface area contributed by atoms with Crippen molar-refractivity contribution in [1.29, 1.82) is 0 Å². The molecule has 2 fully saturated rings. The third-order valence-corrected chi connectivity index (χ3v) is 1.69. The Kier molecular flexibility index (Phi) is 10.6. The Morgan fingerprint density at radius 3 is 1.00 bits per heavy atom. The van der Waals surface area contributed by atoms with Gasteiger partial charge >= 0.3 is 0 Å². The largest absolute Gasteiger partial charge is 0.379 e. The molecule has 4 nitrogen and oxygen atoms in total. The van der Waals surface area contributed by atoms with Crippen molar-refractivity contribution >= 4 is 9.90 Å². The van der Waals surface area contributed by atoms with E-state index in [1.54, 1.807) is 0 Å². The Labute approximate surface area is 83.4 Å². The first kappa shape index (κ1) is 13.3. The minimum atomic E-state index is 0. The predicted octanol–water partition coefficient (Wildman–Crippen LogP) is -0.729. The molecule has 0 amide bonds. The number of hydrogen-bond donors (Lipinski definition) is 2. The van der Waals surface area contributed by atoms with Gasteiger partial charge in [-0.25, -0.2) is 0 Å². The van der Waals surface area contributed by atoms with Crippen molar-refractivity contribution in [1.82, 2.24) is 10.6 Å². The Morgan fingerprint density at radius 2 is 0.923 bits per heavy atom. The van der Waals surface area contributed by atoms with E-state index in [0.717, 1.165) is 52.6 Å². The normalized spacial score (nSPS) is 22.2. The third-order valence-electron chi connectivity index (χ3n) is 1.69. The van der Waals surface area contributed by atoms with Crippen LogP contribution in [0.4, 0.5) is 0 Å². The molecule has 0 aromatic carbocycles. The summed E-state index contributed by atoms with van der Waals surface area (Å²) in [6, 6.07) is 0. The third kappa shape index (κ3) is 8.60. The van der Waals surface area contributed by atoms with E-state index >= 15 is 0 Å². The molecule has 2 saturated heterocycles. The van der Waals surface area contributed by atoms with Gasteiger partial charge in [0.25, 0.3) is 0 Å². The van der Waals surface area contributed by atoms with Gasteiger partial charge in [-0.2, -0.15) is 9.90 Å². The van der Waals surface area contributed by atoms with Gasteiger partial charge in [-0.1, -0.05) is 0 Å². The topological polar surface area (TPSA) is 42.5 Å². The fourth-order valence-corrected chi connectivity index (χ4v) is 1.03. The van der Waals surface area contributed by atoms with Crippen LogP contribution in [0, 0.1) is 0 Å². The van der Waals surface area contributed by atoms with Crippen molar-refractivity contribution in [3.8, 4) is 0 Å². The molecule has 2 aliphatic rings. The monoisotopic (exact) mass is 208 g/mol. The van der Waals surface area contributed by atoms with E-state index in [1.165, 1.54) is 0 Å². The number of morpholine rings is 2. The van der Waals surface area contributed by atoms with E-state index in [-0.39, 0.29) is 9.90 Å². The molecule has 80 valence electrons. The van der Waals surface area contributed by atoms with E-state index in [4.69, 9.17) is 9.47 Å². The molecule has 0 spiro atoms. The maximum Gasteiger partial charge on any atom is 0.0591 e. The average molecular weight is 208 g/mol. The van der Waals surface area contributed by atoms with Crippen molar-refractivity contribution in [3.05, 3.63) is 0 Å². The standard InChI is InChI=1S/2C4H9NO.H3P/c2*1-3-6-4-2-5-1;/h2*5H,1-4H2;1H3. The summed E-state index contributed by atoms with van der Waals surface area (Å²) in [5.74, 6) is 0. The highest BCUT2D eigenvalue weighted by Gasteiger charge is 1.93. The second-order valence-electron chi connectivity index (χ2n) is 2.72. The van der Waals surface area contributed by atoms with Gasteiger partial charge in [0.2, 0.25) is 0 Å². The van der Waals surface area contributed by atoms with Crippen LogP contribution in [0.15, 0.2) is 0 Å². The lowest BCUT2D eigenvalue weighted by Gasteiger charge is -2.10. The summed E-state index contributed by atoms with van der Waals surface area (Å²) < 4.78 is 10.0. The van der Waals surface area contributed by atoms with Gasteiger partial charge in [0, 0.05) is 26.2 Å². The molecule has 13 heavy (non-hydrogen) atoms. The first-order valence-corrected chi connectivity index (χ1v) is 4.57. The molecule has 2 rings (SSSR count). The zero-order chi connectivity index (χ0) is 8.49. The Bertz CT molecular complexity index is 63.1. The quantitative estimate of drug-likeness (QED) is 0.515. The lowest BCUT2D eigenvalue weighted by atomic mass is 10.5. The van der Waals surface area contributed by atoms with Gasteiger partial charge in [0.15, 0.2) is 0 Å². The summed E-state index contributed by atoms with van der Waals surface area (Å²) >= 11 is 0. The molecule has 0 saturated carbocycles. The Hall–Kier alpha value is 0.270. The fourth-order valence-electron chi connectivity index (χ4n) is 1.03. The molecule has 2 aliphatic heterocycles. The van der Waals surface area contributed by atoms with Crippen molar-refractivity contribution < 1.29 is 9.47 Å². The van der Waals surface area contributed by atoms with Crippen LogP contribution in [-0.2, 0) is 9.47 Å². The molecule has 0 bridgehead atoms. The van der Waals surface area contributed by atoms with Gasteiger partial charge in [-0.3, -0.25) is 0 Å². The second-order valence-corrected chi connectivity index (χ2v) is 2.72. The van der Waals surface area contributed by atoms with Gasteiger partial charge < -0.3 is 20.1 Å². The van der Waals surface area contributed by atoms with E-state index in [9.17, 15) is 0 Å². The van der Waals surface area contributed by atoms with Crippen molar-refractivity contribution in [2.75, 3.05) is 52.6 Å². The molecule has 0 aromatic rings. The summed E-state index contributed by atoms with van der Waals surface area (Å²) in [6.07, 6.45) is 0. The molecule has 5 heteroatoms. The van der Waals surface area contributed by atoms with Crippen LogP contribution >= 0.6 is 9.90 Å². The summed E-state index contributed by atoms with van der Waals surface area (Å²) in [5, 5.41) is 6.32. The van der Waals surface area contributed by atoms with Gasteiger partial charge in [0.05, 0.1) is 26.4 Å². The van der Waals surface area contributed by atoms with Crippen molar-refractivity contribution in [3.63, 3.8) is 0 Å². The van der Waals surface area contributed by atoms with Crippen LogP contribution in [0.25, 0.3) is 0 Å². The predicted molar refractivity (Wildman–Crippen MR) is 58.5 cm³/mol. The minimum absolute atomic E-state index is 0. The second kappa shape index (κ2) is 10.4. The van der Waals surface area contributed by atoms with E-state index in [2.05, 4.69) is 10.6 Å². The molecule has 0 aromatic heterocycles. The van der Waals surface area contributed by atoms with Gasteiger partial charge in [-0.05, 0) is 0 Å². The molecule has 2 N–H and O–H groups in total. The maximum atomic E-state index is 5.01. The fraction of sp³-hybridized carbons (Fsp3) is 1.00. The Morgan fingerprint density at radius 1 is 0.615 bits per heavy atom. The highest BCUT2D eigenvalue weighted by molar-refractivity contribution is 6.92. The summed E-state index contributed by atoms with van der Waals surface area (Å²) in [5.41, 5.74) is 0. The summed E-state index contributed by atoms with van der Waals surface area (Å²) in [6.45, 7) is 7.67. The lowest BCUT2D eigenvalue weighted by molar-refractivity contribution is 0.109. The number of hydrogen-bond acceptors (Lipinski definition) is 4. The van der Waals surface area contributed by atoms with Crippen LogP contribution in [0.3, 0.4) is 0 Å². The summed E-state index contributed by atoms with van der Waals surface area (Å²) in [7, 11) is 0. The smallest absolute Gasteiger partial charge is 0.0591 e. The summed E-state index contributed by atoms with van der Waals surface area (Å²) in [4.78, 5) is 0. The molecule has 2 heterocycles. The van der Waals surface area contributed by atoms with Crippen LogP contribution in [-0.4, -0.2) is 52.6 Å². The van der Waals surface area contributed by atoms with E-state index in [0.29, 0.717) is 0 Å². The van der Waals surface area contributed by atoms with Crippen LogP contribution in [0.2, 0.25) is 0 Å². The van der Waals surface area contributed by atoms with Crippen LogP contribution < -0.4 is 10.6 Å². The van der Waals surface area contributed by atoms with Gasteiger partial charge in [0.1, 0.15) is 0 Å². The lowest BCUT2D eigenvalue weighted by Crippen LogP contribution is -2.30. The first-order chi connectivity index (χ1) is 6.00.